The second-order valence-corrected chi connectivity index (χ2v) is 6.21. The van der Waals surface area contributed by atoms with E-state index in [2.05, 4.69) is 20.8 Å². The lowest BCUT2D eigenvalue weighted by Gasteiger charge is -2.26. The summed E-state index contributed by atoms with van der Waals surface area (Å²) < 4.78 is 0. The second kappa shape index (κ2) is 8.83. The molecule has 1 aromatic carbocycles. The fraction of sp³-hybridized carbons (Fsp3) is 0.611. The third kappa shape index (κ3) is 5.50. The quantitative estimate of drug-likeness (QED) is 0.797. The first kappa shape index (κ1) is 17.7. The van der Waals surface area contributed by atoms with E-state index in [1.165, 1.54) is 0 Å². The number of amides is 1. The van der Waals surface area contributed by atoms with Crippen molar-refractivity contribution in [3.05, 3.63) is 35.9 Å². The Labute approximate surface area is 129 Å². The van der Waals surface area contributed by atoms with E-state index >= 15 is 0 Å². The summed E-state index contributed by atoms with van der Waals surface area (Å²) in [6.07, 6.45) is 2.75. The van der Waals surface area contributed by atoms with E-state index in [-0.39, 0.29) is 17.9 Å². The predicted octanol–water partition coefficient (Wildman–Crippen LogP) is 3.40. The first-order chi connectivity index (χ1) is 9.97. The molecule has 0 radical (unpaired) electrons. The van der Waals surface area contributed by atoms with Crippen LogP contribution < -0.4 is 5.73 Å². The van der Waals surface area contributed by atoms with Gasteiger partial charge in [0.25, 0.3) is 0 Å². The lowest BCUT2D eigenvalue weighted by molar-refractivity contribution is -0.131. The van der Waals surface area contributed by atoms with E-state index in [0.717, 1.165) is 31.4 Å². The average molecular weight is 290 g/mol. The molecular formula is C18H30N2O. The monoisotopic (exact) mass is 290 g/mol. The van der Waals surface area contributed by atoms with Crippen molar-refractivity contribution in [2.45, 2.75) is 52.0 Å². The van der Waals surface area contributed by atoms with Crippen molar-refractivity contribution in [3.63, 3.8) is 0 Å². The summed E-state index contributed by atoms with van der Waals surface area (Å²) >= 11 is 0. The van der Waals surface area contributed by atoms with Crippen LogP contribution in [-0.4, -0.2) is 30.4 Å². The van der Waals surface area contributed by atoms with Gasteiger partial charge in [-0.1, -0.05) is 57.5 Å². The molecule has 0 fully saturated rings. The molecule has 0 aliphatic carbocycles. The molecule has 2 unspecified atom stereocenters. The minimum Gasteiger partial charge on any atom is -0.345 e. The number of carbonyl (C=O) groups is 1. The molecule has 1 amide bonds. The van der Waals surface area contributed by atoms with Crippen molar-refractivity contribution >= 4 is 5.91 Å². The molecule has 0 aliphatic rings. The van der Waals surface area contributed by atoms with Crippen molar-refractivity contribution in [1.82, 2.24) is 4.90 Å². The molecule has 0 bridgehead atoms. The number of benzene rings is 1. The average Bonchev–Trinajstić information content (AvgIpc) is 2.49. The van der Waals surface area contributed by atoms with E-state index in [0.29, 0.717) is 5.92 Å². The van der Waals surface area contributed by atoms with Crippen molar-refractivity contribution in [3.8, 4) is 0 Å². The maximum absolute atomic E-state index is 12.7. The number of nitrogens with zero attached hydrogens (tertiary/aromatic N) is 1. The summed E-state index contributed by atoms with van der Waals surface area (Å²) in [5, 5.41) is 0. The Morgan fingerprint density at radius 3 is 2.33 bits per heavy atom. The Morgan fingerprint density at radius 1 is 1.19 bits per heavy atom. The number of nitrogens with two attached hydrogens (primary N) is 1. The fourth-order valence-electron chi connectivity index (χ4n) is 2.46. The van der Waals surface area contributed by atoms with Gasteiger partial charge < -0.3 is 10.6 Å². The van der Waals surface area contributed by atoms with Gasteiger partial charge in [-0.15, -0.1) is 0 Å². The standard InChI is InChI=1S/C18H30N2O/c1-5-9-16(15-10-7-6-8-11-15)18(21)20(4)13-12-17(19)14(2)3/h6-8,10-11,14,16-17H,5,9,12-13,19H2,1-4H3. The third-order valence-corrected chi connectivity index (χ3v) is 4.11. The number of rotatable bonds is 8. The molecule has 0 saturated carbocycles. The summed E-state index contributed by atoms with van der Waals surface area (Å²) in [6, 6.07) is 10.2. The maximum atomic E-state index is 12.7. The van der Waals surface area contributed by atoms with Crippen molar-refractivity contribution in [1.29, 1.82) is 0 Å². The van der Waals surface area contributed by atoms with Gasteiger partial charge in [0, 0.05) is 19.6 Å². The number of carbonyl (C=O) groups excluding carboxylic acids is 1. The molecule has 3 nitrogen and oxygen atoms in total. The molecule has 0 heterocycles. The number of hydrogen-bond donors (Lipinski definition) is 1. The minimum absolute atomic E-state index is 0.0310. The largest absolute Gasteiger partial charge is 0.345 e. The van der Waals surface area contributed by atoms with E-state index < -0.39 is 0 Å². The van der Waals surface area contributed by atoms with Crippen molar-refractivity contribution in [2.24, 2.45) is 11.7 Å². The zero-order chi connectivity index (χ0) is 15.8. The summed E-state index contributed by atoms with van der Waals surface area (Å²) in [5.74, 6) is 0.629. The van der Waals surface area contributed by atoms with E-state index in [9.17, 15) is 4.79 Å². The molecule has 0 spiro atoms. The van der Waals surface area contributed by atoms with Crippen LogP contribution in [0.5, 0.6) is 0 Å². The van der Waals surface area contributed by atoms with Gasteiger partial charge >= 0.3 is 0 Å². The van der Waals surface area contributed by atoms with Gasteiger partial charge in [0.2, 0.25) is 5.91 Å². The molecule has 118 valence electrons. The molecule has 0 saturated heterocycles. The summed E-state index contributed by atoms with van der Waals surface area (Å²) in [4.78, 5) is 14.5. The van der Waals surface area contributed by atoms with Gasteiger partial charge in [0.05, 0.1) is 5.92 Å². The summed E-state index contributed by atoms with van der Waals surface area (Å²) in [6.45, 7) is 7.09. The summed E-state index contributed by atoms with van der Waals surface area (Å²) in [7, 11) is 1.89. The highest BCUT2D eigenvalue weighted by molar-refractivity contribution is 5.83. The van der Waals surface area contributed by atoms with Gasteiger partial charge in [0.1, 0.15) is 0 Å². The Hall–Kier alpha value is -1.35. The molecule has 3 heteroatoms. The minimum atomic E-state index is -0.0310. The Morgan fingerprint density at radius 2 is 1.81 bits per heavy atom. The molecule has 1 aromatic rings. The van der Waals surface area contributed by atoms with Gasteiger partial charge in [0.15, 0.2) is 0 Å². The van der Waals surface area contributed by atoms with E-state index in [1.54, 1.807) is 0 Å². The summed E-state index contributed by atoms with van der Waals surface area (Å²) in [5.41, 5.74) is 7.19. The van der Waals surface area contributed by atoms with Crippen LogP contribution in [0, 0.1) is 5.92 Å². The zero-order valence-corrected chi connectivity index (χ0v) is 13.9. The zero-order valence-electron chi connectivity index (χ0n) is 13.9. The molecule has 0 aliphatic heterocycles. The highest BCUT2D eigenvalue weighted by Gasteiger charge is 2.23. The molecular weight excluding hydrogens is 260 g/mol. The Kier molecular flexibility index (Phi) is 7.44. The van der Waals surface area contributed by atoms with Crippen LogP contribution in [0.25, 0.3) is 0 Å². The first-order valence-corrected chi connectivity index (χ1v) is 8.02. The van der Waals surface area contributed by atoms with Gasteiger partial charge in [-0.3, -0.25) is 4.79 Å². The van der Waals surface area contributed by atoms with Gasteiger partial charge in [-0.05, 0) is 24.3 Å². The van der Waals surface area contributed by atoms with Crippen LogP contribution in [0.15, 0.2) is 30.3 Å². The fourth-order valence-corrected chi connectivity index (χ4v) is 2.46. The van der Waals surface area contributed by atoms with Crippen LogP contribution in [0.2, 0.25) is 0 Å². The van der Waals surface area contributed by atoms with Crippen LogP contribution in [-0.2, 0) is 4.79 Å². The van der Waals surface area contributed by atoms with E-state index in [4.69, 9.17) is 5.73 Å². The second-order valence-electron chi connectivity index (χ2n) is 6.21. The Bertz CT molecular complexity index is 416. The molecule has 1 rings (SSSR count). The molecule has 21 heavy (non-hydrogen) atoms. The highest BCUT2D eigenvalue weighted by atomic mass is 16.2. The molecule has 0 aromatic heterocycles. The molecule has 2 atom stereocenters. The lowest BCUT2D eigenvalue weighted by Crippen LogP contribution is -2.37. The topological polar surface area (TPSA) is 46.3 Å². The van der Waals surface area contributed by atoms with Crippen LogP contribution in [0.1, 0.15) is 51.5 Å². The van der Waals surface area contributed by atoms with Crippen LogP contribution in [0.4, 0.5) is 0 Å². The first-order valence-electron chi connectivity index (χ1n) is 8.02. The molecule has 2 N–H and O–H groups in total. The maximum Gasteiger partial charge on any atom is 0.229 e. The third-order valence-electron chi connectivity index (χ3n) is 4.11. The van der Waals surface area contributed by atoms with Gasteiger partial charge in [-0.2, -0.15) is 0 Å². The smallest absolute Gasteiger partial charge is 0.229 e. The van der Waals surface area contributed by atoms with Crippen molar-refractivity contribution in [2.75, 3.05) is 13.6 Å². The Balaban J connectivity index is 2.68. The number of hydrogen-bond acceptors (Lipinski definition) is 2. The normalized spacial score (nSPS) is 14.0. The van der Waals surface area contributed by atoms with Crippen LogP contribution in [0.3, 0.4) is 0 Å². The lowest BCUT2D eigenvalue weighted by atomic mass is 9.93. The van der Waals surface area contributed by atoms with Crippen LogP contribution >= 0.6 is 0 Å². The SMILES string of the molecule is CCCC(C(=O)N(C)CCC(N)C(C)C)c1ccccc1. The van der Waals surface area contributed by atoms with Crippen molar-refractivity contribution < 1.29 is 4.79 Å². The van der Waals surface area contributed by atoms with E-state index in [1.807, 2.05) is 42.3 Å². The predicted molar refractivity (Wildman–Crippen MR) is 89.2 cm³/mol. The van der Waals surface area contributed by atoms with Gasteiger partial charge in [-0.25, -0.2) is 0 Å². The highest BCUT2D eigenvalue weighted by Crippen LogP contribution is 2.23. The number of likely N-dealkylation sites (N-methyl/N-ethyl adjacent to an activating group) is 1.